The van der Waals surface area contributed by atoms with Crippen LogP contribution in [0.2, 0.25) is 0 Å². The lowest BCUT2D eigenvalue weighted by atomic mass is 9.91. The lowest BCUT2D eigenvalue weighted by molar-refractivity contribution is -0.146. The molecule has 3 nitrogen and oxygen atoms in total. The number of allylic oxidation sites excluding steroid dienone is 4. The highest BCUT2D eigenvalue weighted by molar-refractivity contribution is 5.95. The van der Waals surface area contributed by atoms with Gasteiger partial charge in [-0.2, -0.15) is 0 Å². The number of Topliss-reactive ketones (excluding diaryl/α,β-unsaturated/α-hetero) is 1. The Labute approximate surface area is 98.1 Å². The van der Waals surface area contributed by atoms with Crippen LogP contribution in [0.5, 0.6) is 0 Å². The highest BCUT2D eigenvalue weighted by atomic mass is 19.3. The summed E-state index contributed by atoms with van der Waals surface area (Å²) in [6, 6.07) is 0. The predicted octanol–water partition coefficient (Wildman–Crippen LogP) is 2.28. The number of esters is 1. The third-order valence-corrected chi connectivity index (χ3v) is 2.36. The van der Waals surface area contributed by atoms with Crippen LogP contribution in [0.3, 0.4) is 0 Å². The van der Waals surface area contributed by atoms with Crippen LogP contribution in [0.25, 0.3) is 0 Å². The standard InChI is InChI=1S/C12H14F2O3/c1-2-17-11(16)8-10(15)7-9-5-3-4-6-12(9,13)14/h3-6,9H,2,7-8H2,1H3. The summed E-state index contributed by atoms with van der Waals surface area (Å²) in [5, 5.41) is 0. The van der Waals surface area contributed by atoms with E-state index in [1.807, 2.05) is 0 Å². The Kier molecular flexibility index (Phi) is 4.54. The number of hydrogen-bond acceptors (Lipinski definition) is 3. The van der Waals surface area contributed by atoms with E-state index >= 15 is 0 Å². The molecule has 0 aromatic carbocycles. The van der Waals surface area contributed by atoms with Gasteiger partial charge >= 0.3 is 5.97 Å². The quantitative estimate of drug-likeness (QED) is 0.550. The van der Waals surface area contributed by atoms with Crippen molar-refractivity contribution in [2.75, 3.05) is 6.61 Å². The van der Waals surface area contributed by atoms with Gasteiger partial charge in [0.25, 0.3) is 5.92 Å². The van der Waals surface area contributed by atoms with E-state index < -0.39 is 30.0 Å². The molecule has 1 rings (SSSR count). The molecule has 17 heavy (non-hydrogen) atoms. The molecule has 0 saturated heterocycles. The molecule has 0 aromatic heterocycles. The summed E-state index contributed by atoms with van der Waals surface area (Å²) < 4.78 is 31.2. The maximum Gasteiger partial charge on any atom is 0.313 e. The molecule has 1 aliphatic rings. The molecule has 0 fully saturated rings. The first-order valence-electron chi connectivity index (χ1n) is 5.37. The van der Waals surface area contributed by atoms with Crippen molar-refractivity contribution in [3.63, 3.8) is 0 Å². The van der Waals surface area contributed by atoms with E-state index in [0.29, 0.717) is 0 Å². The minimum atomic E-state index is -3.03. The fourth-order valence-electron chi connectivity index (χ4n) is 1.53. The van der Waals surface area contributed by atoms with Crippen LogP contribution >= 0.6 is 0 Å². The molecule has 0 spiro atoms. The minimum Gasteiger partial charge on any atom is -0.466 e. The summed E-state index contributed by atoms with van der Waals surface area (Å²) in [6.07, 6.45) is 3.95. The van der Waals surface area contributed by atoms with Gasteiger partial charge in [0, 0.05) is 6.42 Å². The average molecular weight is 244 g/mol. The van der Waals surface area contributed by atoms with Crippen molar-refractivity contribution < 1.29 is 23.1 Å². The number of carbonyl (C=O) groups excluding carboxylic acids is 2. The molecular weight excluding hydrogens is 230 g/mol. The highest BCUT2D eigenvalue weighted by Crippen LogP contribution is 2.32. The van der Waals surface area contributed by atoms with E-state index in [9.17, 15) is 18.4 Å². The summed E-state index contributed by atoms with van der Waals surface area (Å²) in [6.45, 7) is 1.79. The van der Waals surface area contributed by atoms with Crippen LogP contribution in [0.1, 0.15) is 19.8 Å². The number of ketones is 1. The number of rotatable bonds is 5. The molecule has 94 valence electrons. The van der Waals surface area contributed by atoms with Gasteiger partial charge in [0.15, 0.2) is 0 Å². The van der Waals surface area contributed by atoms with Gasteiger partial charge in [-0.05, 0) is 13.0 Å². The first-order chi connectivity index (χ1) is 7.95. The Bertz CT molecular complexity index is 359. The second-order valence-electron chi connectivity index (χ2n) is 3.75. The highest BCUT2D eigenvalue weighted by Gasteiger charge is 2.37. The first-order valence-corrected chi connectivity index (χ1v) is 5.37. The minimum absolute atomic E-state index is 0.175. The van der Waals surface area contributed by atoms with Crippen molar-refractivity contribution in [1.29, 1.82) is 0 Å². The van der Waals surface area contributed by atoms with Crippen molar-refractivity contribution in [3.8, 4) is 0 Å². The van der Waals surface area contributed by atoms with Crippen molar-refractivity contribution in [1.82, 2.24) is 0 Å². The maximum atomic E-state index is 13.3. The van der Waals surface area contributed by atoms with Crippen LogP contribution in [0.15, 0.2) is 24.3 Å². The molecular formula is C12H14F2O3. The van der Waals surface area contributed by atoms with Gasteiger partial charge in [0.05, 0.1) is 12.5 Å². The lowest BCUT2D eigenvalue weighted by Crippen LogP contribution is -2.28. The molecule has 0 amide bonds. The summed E-state index contributed by atoms with van der Waals surface area (Å²) in [4.78, 5) is 22.4. The van der Waals surface area contributed by atoms with Gasteiger partial charge in [-0.3, -0.25) is 9.59 Å². The molecule has 5 heteroatoms. The van der Waals surface area contributed by atoms with Crippen LogP contribution in [0, 0.1) is 5.92 Å². The molecule has 0 aliphatic heterocycles. The molecule has 0 aromatic rings. The molecule has 0 saturated carbocycles. The largest absolute Gasteiger partial charge is 0.466 e. The number of carbonyl (C=O) groups is 2. The number of hydrogen-bond donors (Lipinski definition) is 0. The van der Waals surface area contributed by atoms with Gasteiger partial charge in [-0.25, -0.2) is 8.78 Å². The topological polar surface area (TPSA) is 43.4 Å². The SMILES string of the molecule is CCOC(=O)CC(=O)CC1C=CC=CC1(F)F. The van der Waals surface area contributed by atoms with Crippen LogP contribution in [-0.4, -0.2) is 24.3 Å². The molecule has 0 N–H and O–H groups in total. The zero-order chi connectivity index (χ0) is 12.9. The zero-order valence-electron chi connectivity index (χ0n) is 9.49. The fraction of sp³-hybridized carbons (Fsp3) is 0.500. The Morgan fingerprint density at radius 3 is 2.65 bits per heavy atom. The average Bonchev–Trinajstić information content (AvgIpc) is 2.21. The van der Waals surface area contributed by atoms with Crippen LogP contribution in [-0.2, 0) is 14.3 Å². The van der Waals surface area contributed by atoms with Gasteiger partial charge < -0.3 is 4.74 Å². The van der Waals surface area contributed by atoms with Crippen LogP contribution < -0.4 is 0 Å². The monoisotopic (exact) mass is 244 g/mol. The van der Waals surface area contributed by atoms with E-state index in [-0.39, 0.29) is 13.0 Å². The van der Waals surface area contributed by atoms with Gasteiger partial charge in [0.1, 0.15) is 12.2 Å². The van der Waals surface area contributed by atoms with E-state index in [1.165, 1.54) is 18.2 Å². The van der Waals surface area contributed by atoms with E-state index in [4.69, 9.17) is 0 Å². The van der Waals surface area contributed by atoms with Crippen LogP contribution in [0.4, 0.5) is 8.78 Å². The molecule has 0 radical (unpaired) electrons. The predicted molar refractivity (Wildman–Crippen MR) is 57.6 cm³/mol. The van der Waals surface area contributed by atoms with Crippen molar-refractivity contribution in [2.24, 2.45) is 5.92 Å². The first kappa shape index (κ1) is 13.5. The van der Waals surface area contributed by atoms with Gasteiger partial charge in [-0.1, -0.05) is 18.2 Å². The second kappa shape index (κ2) is 5.70. The summed E-state index contributed by atoms with van der Waals surface area (Å²) in [7, 11) is 0. The Balaban J connectivity index is 2.49. The second-order valence-corrected chi connectivity index (χ2v) is 3.75. The third kappa shape index (κ3) is 4.09. The molecule has 1 unspecified atom stereocenters. The molecule has 1 aliphatic carbocycles. The molecule has 1 atom stereocenters. The summed E-state index contributed by atoms with van der Waals surface area (Å²) in [5.74, 6) is -5.40. The Hall–Kier alpha value is -1.52. The number of halogens is 2. The van der Waals surface area contributed by atoms with Crippen molar-refractivity contribution in [3.05, 3.63) is 24.3 Å². The normalized spacial score (nSPS) is 21.2. The molecule has 0 bridgehead atoms. The van der Waals surface area contributed by atoms with Crippen molar-refractivity contribution in [2.45, 2.75) is 25.7 Å². The van der Waals surface area contributed by atoms with E-state index in [1.54, 1.807) is 6.92 Å². The number of alkyl halides is 2. The van der Waals surface area contributed by atoms with Gasteiger partial charge in [0.2, 0.25) is 0 Å². The lowest BCUT2D eigenvalue weighted by Gasteiger charge is -2.22. The smallest absolute Gasteiger partial charge is 0.313 e. The molecule has 0 heterocycles. The third-order valence-electron chi connectivity index (χ3n) is 2.36. The van der Waals surface area contributed by atoms with Gasteiger partial charge in [-0.15, -0.1) is 0 Å². The van der Waals surface area contributed by atoms with E-state index in [0.717, 1.165) is 6.08 Å². The van der Waals surface area contributed by atoms with Crippen molar-refractivity contribution >= 4 is 11.8 Å². The zero-order valence-corrected chi connectivity index (χ0v) is 9.49. The Morgan fingerprint density at radius 2 is 2.06 bits per heavy atom. The summed E-state index contributed by atoms with van der Waals surface area (Å²) >= 11 is 0. The van der Waals surface area contributed by atoms with E-state index in [2.05, 4.69) is 4.74 Å². The Morgan fingerprint density at radius 1 is 1.35 bits per heavy atom. The summed E-state index contributed by atoms with van der Waals surface area (Å²) in [5.41, 5.74) is 0. The maximum absolute atomic E-state index is 13.3. The number of ether oxygens (including phenoxy) is 1. The fourth-order valence-corrected chi connectivity index (χ4v) is 1.53.